The summed E-state index contributed by atoms with van der Waals surface area (Å²) in [6, 6.07) is 24.3. The van der Waals surface area contributed by atoms with Gasteiger partial charge in [0, 0.05) is 11.5 Å². The molecule has 0 aromatic heterocycles. The molecule has 1 atom stereocenters. The van der Waals surface area contributed by atoms with Gasteiger partial charge >= 0.3 is 0 Å². The maximum atomic E-state index is 14.9. The zero-order valence-electron chi connectivity index (χ0n) is 41.3. The van der Waals surface area contributed by atoms with Crippen LogP contribution < -0.4 is 43.2 Å². The van der Waals surface area contributed by atoms with E-state index in [1.54, 1.807) is 98.8 Å². The molecular weight excluding hydrogens is 911 g/mol. The van der Waals surface area contributed by atoms with E-state index in [0.717, 1.165) is 5.56 Å². The average Bonchev–Trinajstić information content (AvgIpc) is 3.33. The summed E-state index contributed by atoms with van der Waals surface area (Å²) >= 11 is 0. The van der Waals surface area contributed by atoms with Crippen molar-refractivity contribution in [2.24, 2.45) is 11.3 Å². The van der Waals surface area contributed by atoms with Gasteiger partial charge in [-0.15, -0.1) is 0 Å². The number of rotatable bonds is 20. The first-order valence-electron chi connectivity index (χ1n) is 21.5. The normalized spacial score (nSPS) is 11.8. The molecule has 0 bridgehead atoms. The lowest BCUT2D eigenvalue weighted by atomic mass is 9.86. The van der Waals surface area contributed by atoms with Gasteiger partial charge in [0.1, 0.15) is 68.2 Å². The molecule has 0 saturated heterocycles. The van der Waals surface area contributed by atoms with Gasteiger partial charge in [-0.1, -0.05) is 69.7 Å². The van der Waals surface area contributed by atoms with Crippen LogP contribution in [0.15, 0.2) is 91.0 Å². The molecule has 0 aliphatic carbocycles. The van der Waals surface area contributed by atoms with Crippen LogP contribution in [0.2, 0.25) is 0 Å². The molecule has 0 fully saturated rings. The van der Waals surface area contributed by atoms with E-state index in [9.17, 15) is 28.3 Å². The monoisotopic (exact) mass is 972 g/mol. The third-order valence-corrected chi connectivity index (χ3v) is 16.7. The van der Waals surface area contributed by atoms with Gasteiger partial charge in [0.2, 0.25) is 36.4 Å². The largest absolute Gasteiger partial charge is 0.496 e. The van der Waals surface area contributed by atoms with Crippen molar-refractivity contribution in [3.05, 3.63) is 124 Å². The molecule has 16 heteroatoms. The second-order valence-electron chi connectivity index (χ2n) is 17.1. The fourth-order valence-electron chi connectivity index (χ4n) is 8.10. The smallest absolute Gasteiger partial charge is 0.249 e. The van der Waals surface area contributed by atoms with Crippen LogP contribution in [-0.4, -0.2) is 85.1 Å². The number of hydrogen-bond acceptors (Lipinski definition) is 14. The quantitative estimate of drug-likeness (QED) is 0.0673. The lowest BCUT2D eigenvalue weighted by Gasteiger charge is -2.27. The summed E-state index contributed by atoms with van der Waals surface area (Å²) in [6.45, 7) is 11.6. The average molecular weight is 973 g/mol. The van der Waals surface area contributed by atoms with E-state index >= 15 is 0 Å². The first kappa shape index (κ1) is 54.2. The molecule has 14 nitrogen and oxygen atoms in total. The van der Waals surface area contributed by atoms with Crippen molar-refractivity contribution >= 4 is 41.7 Å². The Hall–Kier alpha value is -6.36. The summed E-state index contributed by atoms with van der Waals surface area (Å²) in [6.07, 6.45) is 0.564. The van der Waals surface area contributed by atoms with E-state index in [0.29, 0.717) is 12.0 Å². The van der Waals surface area contributed by atoms with Gasteiger partial charge in [-0.3, -0.25) is 19.2 Å². The van der Waals surface area contributed by atoms with Gasteiger partial charge in [-0.05, 0) is 91.8 Å². The van der Waals surface area contributed by atoms with Gasteiger partial charge in [-0.2, -0.15) is 0 Å². The van der Waals surface area contributed by atoms with Crippen molar-refractivity contribution < 1.29 is 66.2 Å². The van der Waals surface area contributed by atoms with Crippen LogP contribution in [0.4, 0.5) is 0 Å². The van der Waals surface area contributed by atoms with E-state index in [1.165, 1.54) is 56.9 Å². The molecule has 1 unspecified atom stereocenters. The van der Waals surface area contributed by atoms with Gasteiger partial charge < -0.3 is 47.0 Å². The SMILES string of the molecule is COc1cccc(OC)c1C(=O)P(=O)(C(=O)c1c(OC)cccc1OC)c1cc(C)ccc1C.COc1cccc(OC)c1C(=O)P(=O)(CC(C)CC(C)(C)C)C(=O)c1c(OC)cccc1OC. The van der Waals surface area contributed by atoms with Crippen molar-refractivity contribution in [1.29, 1.82) is 0 Å². The van der Waals surface area contributed by atoms with Gasteiger partial charge in [-0.25, -0.2) is 0 Å². The number of benzene rings is 5. The van der Waals surface area contributed by atoms with Crippen molar-refractivity contribution in [3.8, 4) is 46.0 Å². The summed E-state index contributed by atoms with van der Waals surface area (Å²) in [4.78, 5) is 56.4. The molecule has 0 saturated carbocycles. The molecular formula is C52H62O14P2. The van der Waals surface area contributed by atoms with Gasteiger partial charge in [0.15, 0.2) is 0 Å². The summed E-state index contributed by atoms with van der Waals surface area (Å²) in [7, 11) is 2.41. The minimum absolute atomic E-state index is 0.0130. The Labute approximate surface area is 399 Å². The lowest BCUT2D eigenvalue weighted by Crippen LogP contribution is -2.24. The van der Waals surface area contributed by atoms with Crippen LogP contribution in [-0.2, 0) is 9.13 Å². The fraction of sp³-hybridized carbons (Fsp3) is 0.346. The number of ether oxygens (including phenoxy) is 8. The molecule has 5 rings (SSSR count). The number of aryl methyl sites for hydroxylation is 2. The molecule has 0 radical (unpaired) electrons. The Kier molecular flexibility index (Phi) is 18.4. The molecule has 0 spiro atoms. The Balaban J connectivity index is 0.000000297. The van der Waals surface area contributed by atoms with Crippen LogP contribution >= 0.6 is 14.3 Å². The third kappa shape index (κ3) is 11.3. The topological polar surface area (TPSA) is 176 Å². The predicted octanol–water partition coefficient (Wildman–Crippen LogP) is 11.1. The second kappa shape index (κ2) is 23.1. The summed E-state index contributed by atoms with van der Waals surface area (Å²) in [5.74, 6) is 1.16. The zero-order chi connectivity index (χ0) is 50.7. The molecule has 0 aliphatic heterocycles. The third-order valence-electron chi connectivity index (χ3n) is 11.0. The molecule has 0 aliphatic rings. The maximum Gasteiger partial charge on any atom is 0.249 e. The van der Waals surface area contributed by atoms with Crippen molar-refractivity contribution in [1.82, 2.24) is 0 Å². The maximum absolute atomic E-state index is 14.9. The molecule has 0 amide bonds. The van der Waals surface area contributed by atoms with Crippen LogP contribution in [0.5, 0.6) is 46.0 Å². The van der Waals surface area contributed by atoms with E-state index in [4.69, 9.17) is 37.9 Å². The zero-order valence-corrected chi connectivity index (χ0v) is 43.1. The van der Waals surface area contributed by atoms with E-state index in [1.807, 2.05) is 13.0 Å². The predicted molar refractivity (Wildman–Crippen MR) is 264 cm³/mol. The van der Waals surface area contributed by atoms with Gasteiger partial charge in [0.25, 0.3) is 0 Å². The highest BCUT2D eigenvalue weighted by Crippen LogP contribution is 2.59. The minimum atomic E-state index is -4.52. The minimum Gasteiger partial charge on any atom is -0.496 e. The fourth-order valence-corrected chi connectivity index (χ4v) is 13.4. The molecule has 5 aromatic carbocycles. The molecule has 364 valence electrons. The Morgan fingerprint density at radius 2 is 0.750 bits per heavy atom. The number of carbonyl (C=O) groups excluding carboxylic acids is 4. The Morgan fingerprint density at radius 1 is 0.471 bits per heavy atom. The van der Waals surface area contributed by atoms with E-state index in [2.05, 4.69) is 20.8 Å². The Morgan fingerprint density at radius 3 is 1.01 bits per heavy atom. The molecule has 68 heavy (non-hydrogen) atoms. The highest BCUT2D eigenvalue weighted by atomic mass is 31.2. The molecule has 0 heterocycles. The van der Waals surface area contributed by atoms with Crippen LogP contribution in [0.1, 0.15) is 86.7 Å². The number of carbonyl (C=O) groups is 4. The highest BCUT2D eigenvalue weighted by molar-refractivity contribution is 8.01. The van der Waals surface area contributed by atoms with Crippen molar-refractivity contribution in [2.75, 3.05) is 63.0 Å². The second-order valence-corrected chi connectivity index (χ2v) is 22.2. The summed E-state index contributed by atoms with van der Waals surface area (Å²) in [5.41, 5.74) is -2.36. The van der Waals surface area contributed by atoms with Crippen LogP contribution in [0, 0.1) is 25.2 Å². The van der Waals surface area contributed by atoms with Crippen molar-refractivity contribution in [2.45, 2.75) is 48.0 Å². The van der Waals surface area contributed by atoms with E-state index < -0.39 is 36.4 Å². The first-order valence-corrected chi connectivity index (χ1v) is 25.1. The highest BCUT2D eigenvalue weighted by Gasteiger charge is 2.49. The summed E-state index contributed by atoms with van der Waals surface area (Å²) in [5, 5.41) is 0.142. The van der Waals surface area contributed by atoms with Crippen LogP contribution in [0.3, 0.4) is 0 Å². The lowest BCUT2D eigenvalue weighted by molar-refractivity contribution is 0.101. The Bertz CT molecular complexity index is 2520. The first-order chi connectivity index (χ1) is 32.2. The van der Waals surface area contributed by atoms with E-state index in [-0.39, 0.29) is 91.0 Å². The number of methoxy groups -OCH3 is 8. The summed E-state index contributed by atoms with van der Waals surface area (Å²) < 4.78 is 72.7. The number of hydrogen-bond donors (Lipinski definition) is 0. The standard InChI is InChI=1S/C26H27O7P.C26H35O7P/c1-16-13-14-17(2)22(15-16)34(29,25(27)23-18(30-3)9-7-10-19(23)31-4)26(28)24-20(32-5)11-8-12-21(24)33-6;1-17(15-26(2,3)4)16-34(29,24(27)22-18(30-5)11-9-12-19(22)31-6)25(28)23-20(32-7)13-10-14-21(23)33-8/h7-15H,1-6H3;9-14,17H,15-16H2,1-8H3. The van der Waals surface area contributed by atoms with Crippen molar-refractivity contribution in [3.63, 3.8) is 0 Å². The van der Waals surface area contributed by atoms with Gasteiger partial charge in [0.05, 0.1) is 56.9 Å². The molecule has 0 N–H and O–H groups in total. The molecule has 5 aromatic rings. The van der Waals surface area contributed by atoms with Crippen LogP contribution in [0.25, 0.3) is 0 Å².